The molecule has 0 radical (unpaired) electrons. The number of carbonyl (C=O) groups is 2. The SMILES string of the molecule is CCC(=O)c1c(O)cc(C(C)CC/C=C/NC(=O)OC)oc1=O.Cc1ccc(CCCCCC(F)(F)F)s1. The molecule has 11 heteroatoms. The number of aromatic hydroxyl groups is 1. The van der Waals surface area contributed by atoms with Crippen LogP contribution in [0.3, 0.4) is 0 Å². The highest BCUT2D eigenvalue weighted by Gasteiger charge is 2.25. The van der Waals surface area contributed by atoms with Gasteiger partial charge in [0, 0.05) is 40.8 Å². The second-order valence-corrected chi connectivity index (χ2v) is 10.1. The van der Waals surface area contributed by atoms with Crippen molar-refractivity contribution in [2.45, 2.75) is 84.2 Å². The van der Waals surface area contributed by atoms with Gasteiger partial charge in [0.25, 0.3) is 0 Å². The minimum Gasteiger partial charge on any atom is -0.507 e. The van der Waals surface area contributed by atoms with Gasteiger partial charge >= 0.3 is 17.9 Å². The average Bonchev–Trinajstić information content (AvgIpc) is 3.27. The van der Waals surface area contributed by atoms with Gasteiger partial charge in [-0.25, -0.2) is 9.59 Å². The van der Waals surface area contributed by atoms with E-state index in [2.05, 4.69) is 22.2 Å². The monoisotopic (exact) mass is 559 g/mol. The number of unbranched alkanes of at least 4 members (excludes halogenated alkanes) is 2. The van der Waals surface area contributed by atoms with Crippen LogP contribution in [0.5, 0.6) is 5.75 Å². The number of thiophene rings is 1. The molecular weight excluding hydrogens is 523 g/mol. The number of alkyl carbamates (subject to hydrolysis) is 1. The Hall–Kier alpha value is -3.08. The van der Waals surface area contributed by atoms with Gasteiger partial charge in [-0.1, -0.05) is 26.3 Å². The van der Waals surface area contributed by atoms with Crippen molar-refractivity contribution in [2.24, 2.45) is 0 Å². The molecule has 38 heavy (non-hydrogen) atoms. The van der Waals surface area contributed by atoms with E-state index < -0.39 is 30.1 Å². The molecule has 0 saturated carbocycles. The van der Waals surface area contributed by atoms with Gasteiger partial charge in [-0.05, 0) is 51.2 Å². The highest BCUT2D eigenvalue weighted by molar-refractivity contribution is 7.11. The number of hydrogen-bond donors (Lipinski definition) is 2. The number of hydrogen-bond acceptors (Lipinski definition) is 7. The Balaban J connectivity index is 0.000000415. The van der Waals surface area contributed by atoms with Gasteiger partial charge in [0.05, 0.1) is 7.11 Å². The van der Waals surface area contributed by atoms with Crippen LogP contribution in [0.15, 0.2) is 39.7 Å². The number of allylic oxidation sites excluding steroid dienone is 1. The van der Waals surface area contributed by atoms with Crippen LogP contribution in [-0.2, 0) is 11.2 Å². The van der Waals surface area contributed by atoms with Gasteiger partial charge in [0.15, 0.2) is 5.78 Å². The van der Waals surface area contributed by atoms with Crippen LogP contribution in [0, 0.1) is 6.92 Å². The molecule has 7 nitrogen and oxygen atoms in total. The number of amides is 1. The van der Waals surface area contributed by atoms with Crippen molar-refractivity contribution in [3.63, 3.8) is 0 Å². The third-order valence-corrected chi connectivity index (χ3v) is 6.55. The topological polar surface area (TPSA) is 106 Å². The summed E-state index contributed by atoms with van der Waals surface area (Å²) in [6.07, 6.45) is 2.07. The molecule has 2 N–H and O–H groups in total. The Kier molecular flexibility index (Phi) is 14.5. The first-order chi connectivity index (χ1) is 17.9. The zero-order chi connectivity index (χ0) is 28.7. The second kappa shape index (κ2) is 16.7. The molecule has 1 atom stereocenters. The Labute approximate surface area is 224 Å². The number of alkyl halides is 3. The van der Waals surface area contributed by atoms with Crippen molar-refractivity contribution in [1.29, 1.82) is 0 Å². The fraction of sp³-hybridized carbons (Fsp3) is 0.519. The van der Waals surface area contributed by atoms with Crippen LogP contribution < -0.4 is 10.9 Å². The lowest BCUT2D eigenvalue weighted by molar-refractivity contribution is -0.135. The van der Waals surface area contributed by atoms with Crippen LogP contribution in [0.1, 0.15) is 90.6 Å². The summed E-state index contributed by atoms with van der Waals surface area (Å²) in [5, 5.41) is 12.3. The van der Waals surface area contributed by atoms with Gasteiger partial charge in [-0.15, -0.1) is 11.3 Å². The molecule has 0 spiro atoms. The molecule has 2 aromatic rings. The maximum absolute atomic E-state index is 11.8. The first-order valence-corrected chi connectivity index (χ1v) is 13.2. The number of aryl methyl sites for hydroxylation is 2. The van der Waals surface area contributed by atoms with E-state index >= 15 is 0 Å². The number of ether oxygens (including phenoxy) is 1. The van der Waals surface area contributed by atoms with Crippen LogP contribution in [0.2, 0.25) is 0 Å². The largest absolute Gasteiger partial charge is 0.507 e. The van der Waals surface area contributed by atoms with E-state index in [1.54, 1.807) is 24.3 Å². The third-order valence-electron chi connectivity index (χ3n) is 5.49. The molecule has 1 amide bonds. The zero-order valence-electron chi connectivity index (χ0n) is 22.2. The van der Waals surface area contributed by atoms with E-state index in [-0.39, 0.29) is 30.1 Å². The molecule has 0 bridgehead atoms. The number of methoxy groups -OCH3 is 1. The molecular formula is C27H36F3NO6S. The van der Waals surface area contributed by atoms with Crippen molar-refractivity contribution < 1.29 is 37.0 Å². The van der Waals surface area contributed by atoms with E-state index in [1.165, 1.54) is 29.1 Å². The molecule has 2 aromatic heterocycles. The van der Waals surface area contributed by atoms with Crippen molar-refractivity contribution in [3.05, 3.63) is 62.0 Å². The Morgan fingerprint density at radius 3 is 2.50 bits per heavy atom. The number of carbonyl (C=O) groups excluding carboxylic acids is 2. The van der Waals surface area contributed by atoms with E-state index in [0.717, 1.165) is 12.8 Å². The van der Waals surface area contributed by atoms with Crippen molar-refractivity contribution in [3.8, 4) is 5.75 Å². The van der Waals surface area contributed by atoms with Crippen LogP contribution in [0.25, 0.3) is 0 Å². The van der Waals surface area contributed by atoms with Crippen molar-refractivity contribution >= 4 is 23.2 Å². The summed E-state index contributed by atoms with van der Waals surface area (Å²) in [5.74, 6) is -0.623. The molecule has 2 rings (SSSR count). The van der Waals surface area contributed by atoms with Gasteiger partial charge in [-0.2, -0.15) is 13.2 Å². The van der Waals surface area contributed by atoms with E-state index in [9.17, 15) is 32.7 Å². The molecule has 1 unspecified atom stereocenters. The number of ketones is 1. The summed E-state index contributed by atoms with van der Waals surface area (Å²) >= 11 is 1.73. The number of halogens is 3. The standard InChI is InChI=1S/C16H21NO6.C11H15F3S/c1-4-11(18)14-12(19)9-13(23-15(14)20)10(2)7-5-6-8-17-16(21)22-3;1-9-6-7-10(15-9)5-3-2-4-8-11(12,13)14/h6,8-10,19H,4-5,7H2,1-3H3,(H,17,21);6-7H,2-5,8H2,1H3/b8-6+;. The lowest BCUT2D eigenvalue weighted by Crippen LogP contribution is -2.16. The summed E-state index contributed by atoms with van der Waals surface area (Å²) in [4.78, 5) is 36.8. The minimum absolute atomic E-state index is 0.116. The first kappa shape index (κ1) is 32.9. The summed E-state index contributed by atoms with van der Waals surface area (Å²) in [5.41, 5.74) is -1.12. The normalized spacial score (nSPS) is 12.1. The summed E-state index contributed by atoms with van der Waals surface area (Å²) in [6.45, 7) is 5.48. The first-order valence-electron chi connectivity index (χ1n) is 12.4. The molecule has 212 valence electrons. The lowest BCUT2D eigenvalue weighted by atomic mass is 10.0. The maximum atomic E-state index is 11.8. The number of Topliss-reactive ketones (excluding diaryl/α,β-unsaturated/α-hetero) is 1. The quantitative estimate of drug-likeness (QED) is 0.207. The Bertz CT molecular complexity index is 1110. The fourth-order valence-corrected chi connectivity index (χ4v) is 4.29. The molecule has 0 aliphatic rings. The number of nitrogens with one attached hydrogen (secondary N) is 1. The second-order valence-electron chi connectivity index (χ2n) is 8.68. The molecule has 0 saturated heterocycles. The summed E-state index contributed by atoms with van der Waals surface area (Å²) < 4.78 is 45.0. The van der Waals surface area contributed by atoms with Crippen molar-refractivity contribution in [1.82, 2.24) is 5.32 Å². The molecule has 2 heterocycles. The predicted octanol–water partition coefficient (Wildman–Crippen LogP) is 7.41. The molecule has 0 fully saturated rings. The van der Waals surface area contributed by atoms with Crippen LogP contribution in [-0.4, -0.2) is 30.3 Å². The van der Waals surface area contributed by atoms with Gasteiger partial charge < -0.3 is 14.3 Å². The smallest absolute Gasteiger partial charge is 0.410 e. The summed E-state index contributed by atoms with van der Waals surface area (Å²) in [6, 6.07) is 5.42. The van der Waals surface area contributed by atoms with E-state index in [1.807, 2.05) is 13.8 Å². The van der Waals surface area contributed by atoms with Gasteiger partial charge in [0.2, 0.25) is 0 Å². The maximum Gasteiger partial charge on any atom is 0.410 e. The molecule has 0 aromatic carbocycles. The molecule has 0 aliphatic heterocycles. The minimum atomic E-state index is -3.99. The van der Waals surface area contributed by atoms with Crippen molar-refractivity contribution in [2.75, 3.05) is 7.11 Å². The Morgan fingerprint density at radius 1 is 1.24 bits per heavy atom. The average molecular weight is 560 g/mol. The Morgan fingerprint density at radius 2 is 1.95 bits per heavy atom. The number of rotatable bonds is 12. The van der Waals surface area contributed by atoms with Gasteiger partial charge in [0.1, 0.15) is 17.1 Å². The highest BCUT2D eigenvalue weighted by atomic mass is 32.1. The third kappa shape index (κ3) is 12.9. The van der Waals surface area contributed by atoms with Crippen LogP contribution in [0.4, 0.5) is 18.0 Å². The predicted molar refractivity (Wildman–Crippen MR) is 141 cm³/mol. The van der Waals surface area contributed by atoms with Crippen LogP contribution >= 0.6 is 11.3 Å². The summed E-state index contributed by atoms with van der Waals surface area (Å²) in [7, 11) is 1.27. The van der Waals surface area contributed by atoms with Gasteiger partial charge in [-0.3, -0.25) is 10.1 Å². The van der Waals surface area contributed by atoms with E-state index in [0.29, 0.717) is 25.0 Å². The zero-order valence-corrected chi connectivity index (χ0v) is 23.0. The van der Waals surface area contributed by atoms with E-state index in [4.69, 9.17) is 4.42 Å². The fourth-order valence-electron chi connectivity index (χ4n) is 3.35. The lowest BCUT2D eigenvalue weighted by Gasteiger charge is -2.10. The highest BCUT2D eigenvalue weighted by Crippen LogP contribution is 2.26. The molecule has 0 aliphatic carbocycles.